The number of nitrogens with zero attached hydrogens (tertiary/aromatic N) is 3. The van der Waals surface area contributed by atoms with Gasteiger partial charge in [-0.3, -0.25) is 4.79 Å². The summed E-state index contributed by atoms with van der Waals surface area (Å²) >= 11 is 0. The van der Waals surface area contributed by atoms with Crippen LogP contribution < -0.4 is 15.9 Å². The highest BCUT2D eigenvalue weighted by atomic mass is 16.1. The van der Waals surface area contributed by atoms with Gasteiger partial charge in [0.05, 0.1) is 5.36 Å². The molecule has 4 aromatic carbocycles. The molecule has 2 N–H and O–H groups in total. The fourth-order valence-corrected chi connectivity index (χ4v) is 4.81. The van der Waals surface area contributed by atoms with Gasteiger partial charge in [0.15, 0.2) is 5.82 Å². The lowest BCUT2D eigenvalue weighted by atomic mass is 9.86. The zero-order chi connectivity index (χ0) is 24.5. The van der Waals surface area contributed by atoms with Crippen molar-refractivity contribution in [3.63, 3.8) is 0 Å². The Balaban J connectivity index is 1.65. The summed E-state index contributed by atoms with van der Waals surface area (Å²) in [6, 6.07) is 35.7. The largest absolute Gasteiger partial charge is 0.338 e. The number of fused-ring (bicyclic) bond motifs is 2. The summed E-state index contributed by atoms with van der Waals surface area (Å²) in [5, 5.41) is 15.5. The van der Waals surface area contributed by atoms with Crippen molar-refractivity contribution in [2.24, 2.45) is 15.2 Å². The highest BCUT2D eigenvalue weighted by Crippen LogP contribution is 2.44. The van der Waals surface area contributed by atoms with Crippen molar-refractivity contribution in [1.82, 2.24) is 4.98 Å². The molecule has 0 fully saturated rings. The molecule has 1 aliphatic rings. The molecule has 2 heterocycles. The maximum Gasteiger partial charge on any atom is 0.225 e. The molecule has 1 aliphatic heterocycles. The molecule has 1 atom stereocenters. The van der Waals surface area contributed by atoms with E-state index in [1.807, 2.05) is 91.0 Å². The van der Waals surface area contributed by atoms with Gasteiger partial charge in [-0.25, -0.2) is 4.99 Å². The Labute approximate surface area is 207 Å². The fraction of sp³-hybridized carbons (Fsp3) is 0.0667. The van der Waals surface area contributed by atoms with Gasteiger partial charge in [-0.05, 0) is 29.8 Å². The van der Waals surface area contributed by atoms with E-state index in [0.29, 0.717) is 11.5 Å². The number of H-pyrrole nitrogens is 1. The number of aromatic amines is 1. The third kappa shape index (κ3) is 3.69. The van der Waals surface area contributed by atoms with Crippen LogP contribution in [0, 0.1) is 0 Å². The number of carbonyl (C=O) groups excluding carboxylic acids is 1. The van der Waals surface area contributed by atoms with Crippen LogP contribution in [0.1, 0.15) is 18.1 Å². The standard InChI is InChI=1S/C30H23N5O/c1-20(36)31-27-18-10-7-15-24(27)30(35-34-28-19-22-13-5-8-16-25(22)32-28)29(21-11-3-2-4-12-21)23-14-6-9-17-26(23)33-30/h2-19,32H,1H3,(H,31,36). The number of nitrogens with one attached hydrogen (secondary N) is 2. The van der Waals surface area contributed by atoms with Crippen LogP contribution in [0.2, 0.25) is 0 Å². The number of azo groups is 1. The van der Waals surface area contributed by atoms with E-state index in [1.165, 1.54) is 6.92 Å². The topological polar surface area (TPSA) is 82.0 Å². The average Bonchev–Trinajstić information content (AvgIpc) is 3.47. The summed E-state index contributed by atoms with van der Waals surface area (Å²) in [7, 11) is 0. The van der Waals surface area contributed by atoms with Gasteiger partial charge in [0.2, 0.25) is 11.6 Å². The van der Waals surface area contributed by atoms with Crippen LogP contribution in [0.3, 0.4) is 0 Å². The first-order chi connectivity index (χ1) is 17.6. The van der Waals surface area contributed by atoms with Crippen LogP contribution >= 0.6 is 0 Å². The molecule has 5 aromatic rings. The molecule has 6 heteroatoms. The lowest BCUT2D eigenvalue weighted by Gasteiger charge is -2.27. The first kappa shape index (κ1) is 21.7. The third-order valence-corrected chi connectivity index (χ3v) is 6.30. The van der Waals surface area contributed by atoms with Crippen molar-refractivity contribution in [2.75, 3.05) is 5.32 Å². The van der Waals surface area contributed by atoms with Gasteiger partial charge in [0.1, 0.15) is 0 Å². The maximum absolute atomic E-state index is 12.1. The van der Waals surface area contributed by atoms with Gasteiger partial charge in [0.25, 0.3) is 0 Å². The molecule has 1 aromatic heterocycles. The molecule has 0 spiro atoms. The smallest absolute Gasteiger partial charge is 0.225 e. The second kappa shape index (κ2) is 8.74. The van der Waals surface area contributed by atoms with Crippen molar-refractivity contribution < 1.29 is 4.79 Å². The Morgan fingerprint density at radius 3 is 2.42 bits per heavy atom. The minimum atomic E-state index is -1.21. The van der Waals surface area contributed by atoms with E-state index in [9.17, 15) is 4.79 Å². The molecule has 0 saturated carbocycles. The van der Waals surface area contributed by atoms with Gasteiger partial charge in [-0.2, -0.15) is 0 Å². The Morgan fingerprint density at radius 1 is 0.861 bits per heavy atom. The number of carbonyl (C=O) groups is 1. The van der Waals surface area contributed by atoms with Gasteiger partial charge >= 0.3 is 0 Å². The van der Waals surface area contributed by atoms with Crippen LogP contribution in [0.15, 0.2) is 124 Å². The molecule has 0 bridgehead atoms. The summed E-state index contributed by atoms with van der Waals surface area (Å²) in [4.78, 5) is 20.6. The number of rotatable bonds is 5. The molecule has 6 nitrogen and oxygen atoms in total. The summed E-state index contributed by atoms with van der Waals surface area (Å²) in [5.41, 5.74) is 3.07. The van der Waals surface area contributed by atoms with E-state index in [1.54, 1.807) is 0 Å². The Bertz CT molecular complexity index is 1720. The molecule has 6 rings (SSSR count). The molecule has 0 aliphatic carbocycles. The van der Waals surface area contributed by atoms with E-state index < -0.39 is 5.66 Å². The fourth-order valence-electron chi connectivity index (χ4n) is 4.81. The molecule has 1 amide bonds. The van der Waals surface area contributed by atoms with Crippen molar-refractivity contribution in [2.45, 2.75) is 12.6 Å². The minimum absolute atomic E-state index is 0.165. The van der Waals surface area contributed by atoms with Crippen molar-refractivity contribution in [1.29, 1.82) is 0 Å². The number of para-hydroxylation sites is 3. The number of hydrogen-bond acceptors (Lipinski definition) is 4. The van der Waals surface area contributed by atoms with Crippen LogP contribution in [-0.4, -0.2) is 10.9 Å². The molecule has 36 heavy (non-hydrogen) atoms. The number of benzene rings is 4. The van der Waals surface area contributed by atoms with Crippen LogP contribution in [0.25, 0.3) is 16.5 Å². The first-order valence-electron chi connectivity index (χ1n) is 11.8. The van der Waals surface area contributed by atoms with Gasteiger partial charge in [-0.15, -0.1) is 10.2 Å². The highest BCUT2D eigenvalue weighted by molar-refractivity contribution is 5.91. The zero-order valence-corrected chi connectivity index (χ0v) is 19.6. The molecular weight excluding hydrogens is 446 g/mol. The normalized spacial score (nSPS) is 16.8. The summed E-state index contributed by atoms with van der Waals surface area (Å²) in [6.07, 6.45) is 0. The zero-order valence-electron chi connectivity index (χ0n) is 19.6. The minimum Gasteiger partial charge on any atom is -0.338 e. The summed E-state index contributed by atoms with van der Waals surface area (Å²) in [5.74, 6) is 0.466. The van der Waals surface area contributed by atoms with Gasteiger partial charge in [0, 0.05) is 39.9 Å². The third-order valence-electron chi connectivity index (χ3n) is 6.30. The van der Waals surface area contributed by atoms with Crippen LogP contribution in [0.5, 0.6) is 0 Å². The SMILES string of the molecule is CC(=O)Nc1ccccc1C1(N=Nc2cc3ccccc3[nH]2)N=c2ccccc2=C1c1ccccc1. The highest BCUT2D eigenvalue weighted by Gasteiger charge is 2.42. The van der Waals surface area contributed by atoms with E-state index in [4.69, 9.17) is 15.2 Å². The van der Waals surface area contributed by atoms with Gasteiger partial charge in [-0.1, -0.05) is 84.9 Å². The number of anilines is 1. The molecular formula is C30H23N5O. The molecule has 0 radical (unpaired) electrons. The van der Waals surface area contributed by atoms with Crippen LogP contribution in [-0.2, 0) is 10.5 Å². The number of aromatic nitrogens is 1. The van der Waals surface area contributed by atoms with E-state index in [2.05, 4.69) is 28.5 Å². The Hall–Kier alpha value is -4.84. The Morgan fingerprint density at radius 2 is 1.58 bits per heavy atom. The van der Waals surface area contributed by atoms with E-state index in [0.717, 1.165) is 38.2 Å². The van der Waals surface area contributed by atoms with E-state index in [-0.39, 0.29) is 5.91 Å². The van der Waals surface area contributed by atoms with Crippen molar-refractivity contribution in [3.05, 3.63) is 131 Å². The quantitative estimate of drug-likeness (QED) is 0.323. The van der Waals surface area contributed by atoms with Crippen molar-refractivity contribution >= 4 is 33.9 Å². The summed E-state index contributed by atoms with van der Waals surface area (Å²) < 4.78 is 0. The second-order valence-electron chi connectivity index (χ2n) is 8.71. The van der Waals surface area contributed by atoms with Crippen LogP contribution in [0.4, 0.5) is 11.5 Å². The second-order valence-corrected chi connectivity index (χ2v) is 8.71. The Kier molecular flexibility index (Phi) is 5.26. The molecule has 0 saturated heterocycles. The number of amides is 1. The molecule has 1 unspecified atom stereocenters. The average molecular weight is 470 g/mol. The van der Waals surface area contributed by atoms with Crippen molar-refractivity contribution in [3.8, 4) is 0 Å². The lowest BCUT2D eigenvalue weighted by molar-refractivity contribution is -0.114. The number of hydrogen-bond donors (Lipinski definition) is 2. The molecule has 174 valence electrons. The predicted molar refractivity (Wildman–Crippen MR) is 141 cm³/mol. The van der Waals surface area contributed by atoms with Gasteiger partial charge < -0.3 is 10.3 Å². The predicted octanol–water partition coefficient (Wildman–Crippen LogP) is 5.60. The summed E-state index contributed by atoms with van der Waals surface area (Å²) in [6.45, 7) is 1.50. The first-order valence-corrected chi connectivity index (χ1v) is 11.8. The maximum atomic E-state index is 12.1. The monoisotopic (exact) mass is 469 g/mol. The lowest BCUT2D eigenvalue weighted by Crippen LogP contribution is -2.26. The van der Waals surface area contributed by atoms with E-state index >= 15 is 0 Å².